The average molecular weight is 234 g/mol. The first-order chi connectivity index (χ1) is 7.65. The lowest BCUT2D eigenvalue weighted by molar-refractivity contribution is 0.857. The van der Waals surface area contributed by atoms with E-state index in [2.05, 4.69) is 35.5 Å². The summed E-state index contributed by atoms with van der Waals surface area (Å²) in [6.45, 7) is 2.95. The van der Waals surface area contributed by atoms with Crippen LogP contribution in [0.2, 0.25) is 0 Å². The van der Waals surface area contributed by atoms with Crippen LogP contribution in [0.1, 0.15) is 12.0 Å². The van der Waals surface area contributed by atoms with Gasteiger partial charge in [-0.2, -0.15) is 0 Å². The first kappa shape index (κ1) is 10.9. The fourth-order valence-corrected chi connectivity index (χ4v) is 1.80. The molecule has 1 heterocycles. The Morgan fingerprint density at radius 1 is 1.56 bits per heavy atom. The zero-order valence-electron chi connectivity index (χ0n) is 9.10. The van der Waals surface area contributed by atoms with Crippen LogP contribution in [0, 0.1) is 6.92 Å². The summed E-state index contributed by atoms with van der Waals surface area (Å²) < 4.78 is 0. The zero-order chi connectivity index (χ0) is 11.5. The normalized spacial score (nSPS) is 17.6. The van der Waals surface area contributed by atoms with Crippen LogP contribution in [0.4, 0.5) is 5.69 Å². The van der Waals surface area contributed by atoms with Crippen LogP contribution < -0.4 is 16.2 Å². The van der Waals surface area contributed by atoms with Gasteiger partial charge in [-0.3, -0.25) is 10.4 Å². The first-order valence-electron chi connectivity index (χ1n) is 5.13. The third kappa shape index (κ3) is 2.49. The van der Waals surface area contributed by atoms with Crippen molar-refractivity contribution in [2.75, 3.05) is 11.6 Å². The maximum Gasteiger partial charge on any atom is 0.191 e. The number of hydrazine groups is 1. The van der Waals surface area contributed by atoms with E-state index in [1.165, 1.54) is 5.56 Å². The van der Waals surface area contributed by atoms with E-state index in [1.807, 2.05) is 11.1 Å². The molecular formula is C11H14N4S. The summed E-state index contributed by atoms with van der Waals surface area (Å²) in [7, 11) is 0. The van der Waals surface area contributed by atoms with Crippen molar-refractivity contribution < 1.29 is 0 Å². The van der Waals surface area contributed by atoms with Crippen LogP contribution >= 0.6 is 12.2 Å². The number of hydrogen-bond donors (Lipinski definition) is 2. The van der Waals surface area contributed by atoms with Crippen molar-refractivity contribution in [3.05, 3.63) is 29.8 Å². The summed E-state index contributed by atoms with van der Waals surface area (Å²) in [5.41, 5.74) is 10.9. The van der Waals surface area contributed by atoms with Crippen LogP contribution in [0.3, 0.4) is 0 Å². The number of thiocarbonyl (C=S) groups is 1. The van der Waals surface area contributed by atoms with E-state index < -0.39 is 0 Å². The molecule has 84 valence electrons. The van der Waals surface area contributed by atoms with Crippen molar-refractivity contribution in [2.24, 2.45) is 10.7 Å². The molecule has 0 atom stereocenters. The monoisotopic (exact) mass is 234 g/mol. The maximum atomic E-state index is 5.37. The number of nitrogens with two attached hydrogens (primary N) is 1. The second-order valence-electron chi connectivity index (χ2n) is 3.75. The SMILES string of the molecule is Cc1cccc(N2CC/C(=N\C(N)=S)N2)c1. The Hall–Kier alpha value is -1.62. The molecule has 16 heavy (non-hydrogen) atoms. The van der Waals surface area contributed by atoms with E-state index in [1.54, 1.807) is 0 Å². The minimum absolute atomic E-state index is 0.175. The number of rotatable bonds is 1. The highest BCUT2D eigenvalue weighted by atomic mass is 32.1. The largest absolute Gasteiger partial charge is 0.374 e. The van der Waals surface area contributed by atoms with Crippen LogP contribution in [0.25, 0.3) is 0 Å². The number of anilines is 1. The zero-order valence-corrected chi connectivity index (χ0v) is 9.92. The lowest BCUT2D eigenvalue weighted by atomic mass is 10.2. The predicted octanol–water partition coefficient (Wildman–Crippen LogP) is 1.35. The van der Waals surface area contributed by atoms with Crippen molar-refractivity contribution in [3.63, 3.8) is 0 Å². The number of amidine groups is 1. The number of nitrogens with one attached hydrogen (secondary N) is 1. The summed E-state index contributed by atoms with van der Waals surface area (Å²) in [5, 5.41) is 2.22. The molecule has 1 aromatic rings. The molecule has 0 radical (unpaired) electrons. The lowest BCUT2D eigenvalue weighted by Crippen LogP contribution is -2.33. The molecule has 1 aliphatic rings. The Labute approximate surface area is 100 Å². The van der Waals surface area contributed by atoms with Gasteiger partial charge < -0.3 is 5.73 Å². The molecule has 0 unspecified atom stereocenters. The summed E-state index contributed by atoms with van der Waals surface area (Å²) in [6.07, 6.45) is 0.839. The van der Waals surface area contributed by atoms with Gasteiger partial charge in [0.05, 0.1) is 5.69 Å². The van der Waals surface area contributed by atoms with Crippen molar-refractivity contribution in [1.29, 1.82) is 0 Å². The van der Waals surface area contributed by atoms with Gasteiger partial charge in [0.25, 0.3) is 0 Å². The molecule has 0 aliphatic carbocycles. The standard InChI is InChI=1S/C11H14N4S/c1-8-3-2-4-9(7-8)15-6-5-10(14-15)13-11(12)16/h2-4,7H,5-6H2,1H3,(H3,12,13,14,16). The molecule has 1 fully saturated rings. The number of aryl methyl sites for hydroxylation is 1. The topological polar surface area (TPSA) is 53.6 Å². The maximum absolute atomic E-state index is 5.37. The van der Waals surface area contributed by atoms with Crippen LogP contribution in [0.5, 0.6) is 0 Å². The Bertz CT molecular complexity index is 441. The molecule has 3 N–H and O–H groups in total. The fraction of sp³-hybridized carbons (Fsp3) is 0.273. The first-order valence-corrected chi connectivity index (χ1v) is 5.54. The molecule has 1 aromatic carbocycles. The highest BCUT2D eigenvalue weighted by Crippen LogP contribution is 2.17. The highest BCUT2D eigenvalue weighted by molar-refractivity contribution is 7.80. The number of hydrogen-bond acceptors (Lipinski definition) is 2. The second-order valence-corrected chi connectivity index (χ2v) is 4.17. The number of benzene rings is 1. The summed E-state index contributed by atoms with van der Waals surface area (Å²) in [5.74, 6) is 0.828. The highest BCUT2D eigenvalue weighted by Gasteiger charge is 2.17. The van der Waals surface area contributed by atoms with Crippen molar-refractivity contribution >= 4 is 28.9 Å². The summed E-state index contributed by atoms with van der Waals surface area (Å²) >= 11 is 4.74. The van der Waals surface area contributed by atoms with E-state index >= 15 is 0 Å². The summed E-state index contributed by atoms with van der Waals surface area (Å²) in [4.78, 5) is 4.05. The predicted molar refractivity (Wildman–Crippen MR) is 70.5 cm³/mol. The van der Waals surface area contributed by atoms with Gasteiger partial charge in [-0.15, -0.1) is 0 Å². The van der Waals surface area contributed by atoms with E-state index in [0.717, 1.165) is 24.5 Å². The Balaban J connectivity index is 2.12. The average Bonchev–Trinajstić information content (AvgIpc) is 2.65. The number of nitrogens with zero attached hydrogens (tertiary/aromatic N) is 2. The molecule has 1 saturated heterocycles. The molecule has 0 aromatic heterocycles. The Morgan fingerprint density at radius 2 is 2.38 bits per heavy atom. The Kier molecular flexibility index (Phi) is 3.05. The van der Waals surface area contributed by atoms with Gasteiger partial charge in [-0.05, 0) is 36.8 Å². The molecule has 5 heteroatoms. The molecule has 4 nitrogen and oxygen atoms in total. The van der Waals surface area contributed by atoms with E-state index in [4.69, 9.17) is 18.0 Å². The lowest BCUT2D eigenvalue weighted by Gasteiger charge is -2.18. The molecule has 2 rings (SSSR count). The third-order valence-electron chi connectivity index (χ3n) is 2.39. The van der Waals surface area contributed by atoms with Crippen molar-refractivity contribution in [3.8, 4) is 0 Å². The molecule has 0 saturated carbocycles. The number of aliphatic imine (C=N–C) groups is 1. The molecule has 0 spiro atoms. The molecule has 0 bridgehead atoms. The molecular weight excluding hydrogens is 220 g/mol. The van der Waals surface area contributed by atoms with Gasteiger partial charge in [0, 0.05) is 13.0 Å². The van der Waals surface area contributed by atoms with Gasteiger partial charge in [0.15, 0.2) is 5.11 Å². The third-order valence-corrected chi connectivity index (χ3v) is 2.49. The molecule has 1 aliphatic heterocycles. The minimum Gasteiger partial charge on any atom is -0.374 e. The molecule has 0 amide bonds. The summed E-state index contributed by atoms with van der Waals surface area (Å²) in [6, 6.07) is 8.29. The minimum atomic E-state index is 0.175. The van der Waals surface area contributed by atoms with E-state index in [9.17, 15) is 0 Å². The van der Waals surface area contributed by atoms with Crippen molar-refractivity contribution in [1.82, 2.24) is 5.43 Å². The Morgan fingerprint density at radius 3 is 3.06 bits per heavy atom. The second kappa shape index (κ2) is 4.49. The van der Waals surface area contributed by atoms with Crippen LogP contribution in [0.15, 0.2) is 29.3 Å². The van der Waals surface area contributed by atoms with Gasteiger partial charge in [-0.1, -0.05) is 12.1 Å². The van der Waals surface area contributed by atoms with Crippen LogP contribution in [-0.2, 0) is 0 Å². The van der Waals surface area contributed by atoms with Gasteiger partial charge in [0.2, 0.25) is 0 Å². The van der Waals surface area contributed by atoms with Crippen LogP contribution in [-0.4, -0.2) is 17.5 Å². The quantitative estimate of drug-likeness (QED) is 0.720. The smallest absolute Gasteiger partial charge is 0.191 e. The van der Waals surface area contributed by atoms with Gasteiger partial charge >= 0.3 is 0 Å². The van der Waals surface area contributed by atoms with E-state index in [0.29, 0.717) is 0 Å². The van der Waals surface area contributed by atoms with Crippen molar-refractivity contribution in [2.45, 2.75) is 13.3 Å². The van der Waals surface area contributed by atoms with E-state index in [-0.39, 0.29) is 5.11 Å². The van der Waals surface area contributed by atoms with Gasteiger partial charge in [0.1, 0.15) is 5.84 Å². The van der Waals surface area contributed by atoms with Gasteiger partial charge in [-0.25, -0.2) is 4.99 Å². The fourth-order valence-electron chi connectivity index (χ4n) is 1.69.